The molecule has 0 N–H and O–H groups in total. The molecule has 1 aliphatic carbocycles. The van der Waals surface area contributed by atoms with Crippen LogP contribution in [0.25, 0.3) is 0 Å². The molecular formula is C15H18O3S. The molecular weight excluding hydrogens is 260 g/mol. The Kier molecular flexibility index (Phi) is 4.91. The van der Waals surface area contributed by atoms with E-state index in [4.69, 9.17) is 9.47 Å². The molecule has 0 radical (unpaired) electrons. The van der Waals surface area contributed by atoms with Crippen LogP contribution in [0.4, 0.5) is 4.79 Å². The summed E-state index contributed by atoms with van der Waals surface area (Å²) in [5, 5.41) is 0. The lowest BCUT2D eigenvalue weighted by Crippen LogP contribution is -2.16. The summed E-state index contributed by atoms with van der Waals surface area (Å²) in [7, 11) is 0. The van der Waals surface area contributed by atoms with Crippen molar-refractivity contribution in [3.05, 3.63) is 42.0 Å². The molecule has 0 spiro atoms. The normalized spacial score (nSPS) is 21.4. The Balaban J connectivity index is 1.91. The zero-order valence-electron chi connectivity index (χ0n) is 11.2. The van der Waals surface area contributed by atoms with Crippen LogP contribution in [0.1, 0.15) is 24.8 Å². The Morgan fingerprint density at radius 3 is 2.68 bits per heavy atom. The third-order valence-corrected chi connectivity index (χ3v) is 3.84. The van der Waals surface area contributed by atoms with E-state index in [-0.39, 0.29) is 6.10 Å². The lowest BCUT2D eigenvalue weighted by atomic mass is 9.98. The van der Waals surface area contributed by atoms with Crippen LogP contribution >= 0.6 is 11.8 Å². The van der Waals surface area contributed by atoms with Gasteiger partial charge in [0.25, 0.3) is 0 Å². The second-order valence-electron chi connectivity index (χ2n) is 4.34. The van der Waals surface area contributed by atoms with Crippen LogP contribution in [0.3, 0.4) is 0 Å². The highest BCUT2D eigenvalue weighted by atomic mass is 32.2. The predicted molar refractivity (Wildman–Crippen MR) is 76.6 cm³/mol. The van der Waals surface area contributed by atoms with Gasteiger partial charge in [-0.1, -0.05) is 18.2 Å². The van der Waals surface area contributed by atoms with Gasteiger partial charge in [0.05, 0.1) is 6.61 Å². The number of rotatable bonds is 4. The van der Waals surface area contributed by atoms with Gasteiger partial charge in [-0.2, -0.15) is 0 Å². The Hall–Kier alpha value is -1.42. The molecule has 0 saturated heterocycles. The summed E-state index contributed by atoms with van der Waals surface area (Å²) in [6.07, 6.45) is 6.12. The molecule has 0 saturated carbocycles. The van der Waals surface area contributed by atoms with Gasteiger partial charge in [0.15, 0.2) is 0 Å². The van der Waals surface area contributed by atoms with Crippen LogP contribution in [-0.4, -0.2) is 25.1 Å². The van der Waals surface area contributed by atoms with Crippen LogP contribution in [0, 0.1) is 0 Å². The van der Waals surface area contributed by atoms with E-state index >= 15 is 0 Å². The monoisotopic (exact) mass is 278 g/mol. The lowest BCUT2D eigenvalue weighted by Gasteiger charge is -2.13. The number of ether oxygens (including phenoxy) is 2. The third kappa shape index (κ3) is 3.77. The summed E-state index contributed by atoms with van der Waals surface area (Å²) < 4.78 is 9.97. The summed E-state index contributed by atoms with van der Waals surface area (Å²) >= 11 is 1.73. The summed E-state index contributed by atoms with van der Waals surface area (Å²) in [5.41, 5.74) is 1.25. The number of thioether (sulfide) groups is 1. The van der Waals surface area contributed by atoms with Gasteiger partial charge >= 0.3 is 6.16 Å². The highest BCUT2D eigenvalue weighted by Crippen LogP contribution is 2.31. The van der Waals surface area contributed by atoms with Crippen molar-refractivity contribution in [3.63, 3.8) is 0 Å². The van der Waals surface area contributed by atoms with E-state index < -0.39 is 6.16 Å². The smallest absolute Gasteiger partial charge is 0.435 e. The predicted octanol–water partition coefficient (Wildman–Crippen LogP) is 3.99. The molecule has 19 heavy (non-hydrogen) atoms. The highest BCUT2D eigenvalue weighted by molar-refractivity contribution is 7.98. The summed E-state index contributed by atoms with van der Waals surface area (Å²) in [5.74, 6) is 0.315. The first-order chi connectivity index (χ1) is 9.22. The fourth-order valence-electron chi connectivity index (χ4n) is 2.13. The third-order valence-electron chi connectivity index (χ3n) is 3.10. The number of allylic oxidation sites excluding steroid dienone is 1. The van der Waals surface area contributed by atoms with Crippen molar-refractivity contribution in [1.29, 1.82) is 0 Å². The molecule has 0 fully saturated rings. The molecule has 0 bridgehead atoms. The standard InChI is InChI=1S/C15H18O3S/c1-3-17-15(16)18-13-7-4-12(10-13)11-5-8-14(19-2)9-6-11/h4-9,12-13H,3,10H2,1-2H3/t12-,13-/m0/s1. The maximum Gasteiger partial charge on any atom is 0.508 e. The van der Waals surface area contributed by atoms with Crippen LogP contribution in [0.15, 0.2) is 41.3 Å². The molecule has 0 heterocycles. The number of benzene rings is 1. The van der Waals surface area contributed by atoms with Crippen LogP contribution in [-0.2, 0) is 9.47 Å². The first-order valence-corrected chi connectivity index (χ1v) is 7.61. The molecule has 2 atom stereocenters. The van der Waals surface area contributed by atoms with E-state index in [1.165, 1.54) is 10.5 Å². The van der Waals surface area contributed by atoms with Crippen molar-refractivity contribution < 1.29 is 14.3 Å². The van der Waals surface area contributed by atoms with Crippen LogP contribution in [0.2, 0.25) is 0 Å². The first-order valence-electron chi connectivity index (χ1n) is 6.38. The molecule has 0 aromatic heterocycles. The number of carbonyl (C=O) groups is 1. The van der Waals surface area contributed by atoms with Crippen molar-refractivity contribution in [2.75, 3.05) is 12.9 Å². The van der Waals surface area contributed by atoms with Gasteiger partial charge in [0.2, 0.25) is 0 Å². The molecule has 0 amide bonds. The van der Waals surface area contributed by atoms with E-state index in [2.05, 4.69) is 36.6 Å². The average Bonchev–Trinajstić information content (AvgIpc) is 2.87. The van der Waals surface area contributed by atoms with Crippen molar-refractivity contribution in [2.24, 2.45) is 0 Å². The van der Waals surface area contributed by atoms with Gasteiger partial charge in [-0.25, -0.2) is 4.79 Å². The maximum absolute atomic E-state index is 11.2. The fourth-order valence-corrected chi connectivity index (χ4v) is 2.53. The van der Waals surface area contributed by atoms with Crippen LogP contribution < -0.4 is 0 Å². The molecule has 2 rings (SSSR count). The number of carbonyl (C=O) groups excluding carboxylic acids is 1. The molecule has 0 unspecified atom stereocenters. The fraction of sp³-hybridized carbons (Fsp3) is 0.400. The quantitative estimate of drug-likeness (QED) is 0.474. The lowest BCUT2D eigenvalue weighted by molar-refractivity contribution is 0.0398. The Morgan fingerprint density at radius 2 is 2.05 bits per heavy atom. The van der Waals surface area contributed by atoms with Crippen molar-refractivity contribution in [2.45, 2.75) is 30.3 Å². The van der Waals surface area contributed by atoms with E-state index in [0.29, 0.717) is 12.5 Å². The zero-order valence-corrected chi connectivity index (χ0v) is 12.0. The van der Waals surface area contributed by atoms with Crippen LogP contribution in [0.5, 0.6) is 0 Å². The minimum Gasteiger partial charge on any atom is -0.435 e. The van der Waals surface area contributed by atoms with Gasteiger partial charge in [-0.3, -0.25) is 0 Å². The number of hydrogen-bond acceptors (Lipinski definition) is 4. The molecule has 3 nitrogen and oxygen atoms in total. The van der Waals surface area contributed by atoms with Gasteiger partial charge in [-0.15, -0.1) is 11.8 Å². The second-order valence-corrected chi connectivity index (χ2v) is 5.22. The molecule has 1 aliphatic rings. The van der Waals surface area contributed by atoms with E-state index in [1.807, 2.05) is 6.08 Å². The largest absolute Gasteiger partial charge is 0.508 e. The SMILES string of the molecule is CCOC(=O)O[C@H]1C=C[C@H](c2ccc(SC)cc2)C1. The van der Waals surface area contributed by atoms with Gasteiger partial charge in [0, 0.05) is 10.8 Å². The topological polar surface area (TPSA) is 35.5 Å². The van der Waals surface area contributed by atoms with Crippen molar-refractivity contribution >= 4 is 17.9 Å². The molecule has 0 aliphatic heterocycles. The van der Waals surface area contributed by atoms with Gasteiger partial charge in [-0.05, 0) is 43.4 Å². The maximum atomic E-state index is 11.2. The van der Waals surface area contributed by atoms with Crippen molar-refractivity contribution in [3.8, 4) is 0 Å². The van der Waals surface area contributed by atoms with E-state index in [1.54, 1.807) is 18.7 Å². The minimum absolute atomic E-state index is 0.177. The van der Waals surface area contributed by atoms with Gasteiger partial charge < -0.3 is 9.47 Å². The number of hydrogen-bond donors (Lipinski definition) is 0. The van der Waals surface area contributed by atoms with E-state index in [0.717, 1.165) is 6.42 Å². The Bertz CT molecular complexity index is 453. The molecule has 4 heteroatoms. The van der Waals surface area contributed by atoms with E-state index in [9.17, 15) is 4.79 Å². The summed E-state index contributed by atoms with van der Waals surface area (Å²) in [6, 6.07) is 8.50. The zero-order chi connectivity index (χ0) is 13.7. The molecule has 102 valence electrons. The second kappa shape index (κ2) is 6.66. The molecule has 1 aromatic carbocycles. The minimum atomic E-state index is -0.587. The first kappa shape index (κ1) is 14.0. The van der Waals surface area contributed by atoms with Crippen molar-refractivity contribution in [1.82, 2.24) is 0 Å². The Labute approximate surface area is 118 Å². The average molecular weight is 278 g/mol. The van der Waals surface area contributed by atoms with Gasteiger partial charge in [0.1, 0.15) is 6.10 Å². The summed E-state index contributed by atoms with van der Waals surface area (Å²) in [6.45, 7) is 2.11. The summed E-state index contributed by atoms with van der Waals surface area (Å²) in [4.78, 5) is 12.5. The molecule has 1 aromatic rings. The Morgan fingerprint density at radius 1 is 1.32 bits per heavy atom. The highest BCUT2D eigenvalue weighted by Gasteiger charge is 2.23.